The normalized spacial score (nSPS) is 14.1. The molecule has 7 heteroatoms. The molecule has 0 unspecified atom stereocenters. The van der Waals surface area contributed by atoms with Crippen molar-refractivity contribution in [3.8, 4) is 0 Å². The van der Waals surface area contributed by atoms with Crippen molar-refractivity contribution in [3.63, 3.8) is 0 Å². The topological polar surface area (TPSA) is 95.7 Å². The van der Waals surface area contributed by atoms with E-state index in [1.54, 1.807) is 0 Å². The average molecular weight is 241 g/mol. The van der Waals surface area contributed by atoms with Gasteiger partial charge in [-0.1, -0.05) is 0 Å². The number of ether oxygens (including phenoxy) is 2. The predicted octanol–water partition coefficient (Wildman–Crippen LogP) is 0.929. The number of nitrogens with zero attached hydrogens (tertiary/aromatic N) is 1. The van der Waals surface area contributed by atoms with Gasteiger partial charge >= 0.3 is 11.9 Å². The smallest absolute Gasteiger partial charge is 0.305 e. The number of hydrogen-bond donors (Lipinski definition) is 0. The number of carbonyl (C=O) groups excluding carboxylic acids is 2. The van der Waals surface area contributed by atoms with Crippen LogP contribution < -0.4 is 0 Å². The molecule has 1 aliphatic carbocycles. The molecule has 0 radical (unpaired) electrons. The van der Waals surface area contributed by atoms with Crippen molar-refractivity contribution in [2.24, 2.45) is 0 Å². The van der Waals surface area contributed by atoms with E-state index in [2.05, 4.69) is 0 Å². The summed E-state index contributed by atoms with van der Waals surface area (Å²) in [7, 11) is 0. The van der Waals surface area contributed by atoms with E-state index in [4.69, 9.17) is 9.47 Å². The van der Waals surface area contributed by atoms with Crippen LogP contribution in [0.1, 0.15) is 20.3 Å². The zero-order valence-corrected chi connectivity index (χ0v) is 9.34. The Labute approximate surface area is 96.8 Å². The molecule has 17 heavy (non-hydrogen) atoms. The number of hydrogen-bond acceptors (Lipinski definition) is 6. The first-order valence-corrected chi connectivity index (χ1v) is 4.79. The Hall–Kier alpha value is -2.18. The van der Waals surface area contributed by atoms with Crippen LogP contribution in [0.15, 0.2) is 23.4 Å². The fourth-order valence-corrected chi connectivity index (χ4v) is 1.30. The Kier molecular flexibility index (Phi) is 3.97. The van der Waals surface area contributed by atoms with Gasteiger partial charge in [-0.25, -0.2) is 0 Å². The number of allylic oxidation sites excluding steroid dienone is 2. The second-order valence-corrected chi connectivity index (χ2v) is 3.36. The van der Waals surface area contributed by atoms with Crippen molar-refractivity contribution in [2.45, 2.75) is 26.6 Å². The molecular formula is C10H11NO6. The Bertz CT molecular complexity index is 407. The molecule has 0 fully saturated rings. The third kappa shape index (κ3) is 3.71. The standard InChI is InChI=1S/C10H11NO6/c1-6(12)16-10(17-7(2)13)8-3-4-9(5-8)11(14)15/h4-5,10H,3H2,1-2H3. The van der Waals surface area contributed by atoms with Gasteiger partial charge < -0.3 is 9.47 Å². The maximum atomic E-state index is 10.8. The van der Waals surface area contributed by atoms with E-state index in [1.165, 1.54) is 12.2 Å². The van der Waals surface area contributed by atoms with Crippen LogP contribution in [0.2, 0.25) is 0 Å². The molecule has 0 aromatic rings. The molecule has 1 rings (SSSR count). The van der Waals surface area contributed by atoms with E-state index < -0.39 is 23.2 Å². The molecule has 0 aromatic carbocycles. The van der Waals surface area contributed by atoms with Gasteiger partial charge in [0.25, 0.3) is 12.0 Å². The Balaban J connectivity index is 2.79. The second kappa shape index (κ2) is 5.24. The van der Waals surface area contributed by atoms with Gasteiger partial charge in [-0.05, 0) is 6.08 Å². The van der Waals surface area contributed by atoms with E-state index in [0.717, 1.165) is 13.8 Å². The third-order valence-electron chi connectivity index (χ3n) is 1.94. The lowest BCUT2D eigenvalue weighted by atomic mass is 10.2. The quantitative estimate of drug-likeness (QED) is 0.314. The highest BCUT2D eigenvalue weighted by Gasteiger charge is 2.26. The number of rotatable bonds is 4. The molecule has 92 valence electrons. The van der Waals surface area contributed by atoms with Crippen LogP contribution in [-0.2, 0) is 19.1 Å². The zero-order chi connectivity index (χ0) is 13.0. The monoisotopic (exact) mass is 241 g/mol. The van der Waals surface area contributed by atoms with Crippen molar-refractivity contribution in [3.05, 3.63) is 33.5 Å². The van der Waals surface area contributed by atoms with Gasteiger partial charge in [-0.3, -0.25) is 19.7 Å². The molecule has 0 amide bonds. The molecule has 1 aliphatic rings. The number of carbonyl (C=O) groups is 2. The lowest BCUT2D eigenvalue weighted by Crippen LogP contribution is -2.24. The average Bonchev–Trinajstić information content (AvgIpc) is 2.63. The van der Waals surface area contributed by atoms with Gasteiger partial charge in [0.05, 0.1) is 4.92 Å². The van der Waals surface area contributed by atoms with Gasteiger partial charge in [-0.2, -0.15) is 0 Å². The number of nitro groups is 1. The molecule has 0 aliphatic heterocycles. The highest BCUT2D eigenvalue weighted by molar-refractivity contribution is 5.68. The van der Waals surface area contributed by atoms with E-state index in [0.29, 0.717) is 5.57 Å². The van der Waals surface area contributed by atoms with E-state index in [-0.39, 0.29) is 12.1 Å². The Morgan fingerprint density at radius 1 is 1.35 bits per heavy atom. The van der Waals surface area contributed by atoms with Crippen molar-refractivity contribution in [1.82, 2.24) is 0 Å². The molecule has 0 heterocycles. The molecule has 0 N–H and O–H groups in total. The molecular weight excluding hydrogens is 230 g/mol. The van der Waals surface area contributed by atoms with Crippen LogP contribution in [0.25, 0.3) is 0 Å². The van der Waals surface area contributed by atoms with Gasteiger partial charge in [-0.15, -0.1) is 0 Å². The van der Waals surface area contributed by atoms with Crippen LogP contribution >= 0.6 is 0 Å². The van der Waals surface area contributed by atoms with E-state index in [9.17, 15) is 19.7 Å². The van der Waals surface area contributed by atoms with E-state index >= 15 is 0 Å². The van der Waals surface area contributed by atoms with Gasteiger partial charge in [0, 0.05) is 31.9 Å². The fraction of sp³-hybridized carbons (Fsp3) is 0.400. The van der Waals surface area contributed by atoms with Gasteiger partial charge in [0.1, 0.15) is 0 Å². The summed E-state index contributed by atoms with van der Waals surface area (Å²) in [5.74, 6) is -1.27. The van der Waals surface area contributed by atoms with Gasteiger partial charge in [0.2, 0.25) is 0 Å². The lowest BCUT2D eigenvalue weighted by molar-refractivity contribution is -0.418. The SMILES string of the molecule is CC(=O)OC(OC(C)=O)C1=CC([N+](=O)[O-])=CC1. The first-order chi connectivity index (χ1) is 7.90. The summed E-state index contributed by atoms with van der Waals surface area (Å²) in [5.41, 5.74) is 0.256. The van der Waals surface area contributed by atoms with Crippen LogP contribution in [0.4, 0.5) is 0 Å². The molecule has 0 bridgehead atoms. The summed E-state index contributed by atoms with van der Waals surface area (Å²) in [4.78, 5) is 31.6. The highest BCUT2D eigenvalue weighted by Crippen LogP contribution is 2.23. The van der Waals surface area contributed by atoms with Gasteiger partial charge in [0.15, 0.2) is 0 Å². The third-order valence-corrected chi connectivity index (χ3v) is 1.94. The summed E-state index contributed by atoms with van der Waals surface area (Å²) in [5, 5.41) is 10.5. The van der Waals surface area contributed by atoms with Crippen molar-refractivity contribution >= 4 is 11.9 Å². The van der Waals surface area contributed by atoms with Crippen molar-refractivity contribution in [2.75, 3.05) is 0 Å². The molecule has 0 saturated carbocycles. The second-order valence-electron chi connectivity index (χ2n) is 3.36. The van der Waals surface area contributed by atoms with Crippen LogP contribution in [0.3, 0.4) is 0 Å². The Morgan fingerprint density at radius 2 is 1.88 bits per heavy atom. The summed E-state index contributed by atoms with van der Waals surface area (Å²) in [6, 6.07) is 0. The zero-order valence-electron chi connectivity index (χ0n) is 9.34. The minimum absolute atomic E-state index is 0.107. The predicted molar refractivity (Wildman–Crippen MR) is 55.1 cm³/mol. The number of esters is 2. The minimum atomic E-state index is -1.20. The van der Waals surface area contributed by atoms with Crippen LogP contribution in [0, 0.1) is 10.1 Å². The van der Waals surface area contributed by atoms with Crippen molar-refractivity contribution in [1.29, 1.82) is 0 Å². The summed E-state index contributed by atoms with van der Waals surface area (Å²) in [6.45, 7) is 2.32. The maximum absolute atomic E-state index is 10.8. The minimum Gasteiger partial charge on any atom is -0.421 e. The maximum Gasteiger partial charge on any atom is 0.305 e. The Morgan fingerprint density at radius 3 is 2.24 bits per heavy atom. The highest BCUT2D eigenvalue weighted by atomic mass is 16.7. The summed E-state index contributed by atoms with van der Waals surface area (Å²) in [6.07, 6.45) is 1.60. The molecule has 0 saturated heterocycles. The summed E-state index contributed by atoms with van der Waals surface area (Å²) >= 11 is 0. The first kappa shape index (κ1) is 12.9. The lowest BCUT2D eigenvalue weighted by Gasteiger charge is -2.17. The molecule has 7 nitrogen and oxygen atoms in total. The molecule has 0 aromatic heterocycles. The van der Waals surface area contributed by atoms with Crippen LogP contribution in [0.5, 0.6) is 0 Å². The summed E-state index contributed by atoms with van der Waals surface area (Å²) < 4.78 is 9.53. The van der Waals surface area contributed by atoms with E-state index in [1.807, 2.05) is 0 Å². The van der Waals surface area contributed by atoms with Crippen molar-refractivity contribution < 1.29 is 24.0 Å². The largest absolute Gasteiger partial charge is 0.421 e. The first-order valence-electron chi connectivity index (χ1n) is 4.79. The van der Waals surface area contributed by atoms with Crippen LogP contribution in [-0.4, -0.2) is 23.2 Å². The molecule has 0 spiro atoms. The fourth-order valence-electron chi connectivity index (χ4n) is 1.30. The molecule has 0 atom stereocenters.